The van der Waals surface area contributed by atoms with Crippen molar-refractivity contribution in [3.63, 3.8) is 0 Å². The van der Waals surface area contributed by atoms with Gasteiger partial charge >= 0.3 is 0 Å². The highest BCUT2D eigenvalue weighted by Gasteiger charge is 2.33. The fourth-order valence-electron chi connectivity index (χ4n) is 4.19. The monoisotopic (exact) mass is 281 g/mol. The Kier molecular flexibility index (Phi) is 3.44. The lowest BCUT2D eigenvalue weighted by molar-refractivity contribution is 0.0270. The number of benzene rings is 2. The zero-order valence-corrected chi connectivity index (χ0v) is 12.5. The molecule has 0 radical (unpaired) electrons. The summed E-state index contributed by atoms with van der Waals surface area (Å²) in [4.78, 5) is 2.53. The van der Waals surface area contributed by atoms with Crippen molar-refractivity contribution in [2.45, 2.75) is 44.2 Å². The smallest absolute Gasteiger partial charge is 0.0953 e. The third-order valence-electron chi connectivity index (χ3n) is 5.29. The van der Waals surface area contributed by atoms with Crippen molar-refractivity contribution in [2.75, 3.05) is 13.1 Å². The molecule has 0 saturated carbocycles. The number of rotatable bonds is 1. The molecule has 1 heterocycles. The molecule has 2 aromatic rings. The number of piperidine rings is 1. The van der Waals surface area contributed by atoms with Gasteiger partial charge in [0, 0.05) is 6.04 Å². The first-order valence-electron chi connectivity index (χ1n) is 8.27. The lowest BCUT2D eigenvalue weighted by Gasteiger charge is -2.41. The van der Waals surface area contributed by atoms with Crippen molar-refractivity contribution in [2.24, 2.45) is 0 Å². The summed E-state index contributed by atoms with van der Waals surface area (Å²) < 4.78 is 0. The van der Waals surface area contributed by atoms with E-state index < -0.39 is 0 Å². The van der Waals surface area contributed by atoms with E-state index in [4.69, 9.17) is 0 Å². The number of likely N-dealkylation sites (tertiary alicyclic amines) is 1. The van der Waals surface area contributed by atoms with Crippen LogP contribution in [0.25, 0.3) is 10.8 Å². The van der Waals surface area contributed by atoms with Crippen molar-refractivity contribution in [1.82, 2.24) is 4.90 Å². The second kappa shape index (κ2) is 5.43. The predicted molar refractivity (Wildman–Crippen MR) is 86.4 cm³/mol. The molecular weight excluding hydrogens is 258 g/mol. The van der Waals surface area contributed by atoms with Crippen LogP contribution in [0.4, 0.5) is 0 Å². The number of hydrogen-bond acceptors (Lipinski definition) is 2. The Bertz CT molecular complexity index is 645. The van der Waals surface area contributed by atoms with E-state index in [1.807, 2.05) is 0 Å². The summed E-state index contributed by atoms with van der Waals surface area (Å²) in [6, 6.07) is 13.2. The van der Waals surface area contributed by atoms with Gasteiger partial charge in [-0.05, 0) is 60.7 Å². The Morgan fingerprint density at radius 1 is 0.952 bits per heavy atom. The maximum Gasteiger partial charge on any atom is 0.0953 e. The van der Waals surface area contributed by atoms with E-state index in [0.29, 0.717) is 6.04 Å². The maximum atomic E-state index is 11.0. The number of nitrogens with zero attached hydrogens (tertiary/aromatic N) is 1. The molecule has 4 rings (SSSR count). The zero-order chi connectivity index (χ0) is 14.2. The lowest BCUT2D eigenvalue weighted by Crippen LogP contribution is -2.44. The van der Waals surface area contributed by atoms with Crippen LogP contribution in [-0.2, 0) is 6.42 Å². The molecule has 0 amide bonds. The van der Waals surface area contributed by atoms with Gasteiger partial charge in [-0.2, -0.15) is 0 Å². The predicted octanol–water partition coefficient (Wildman–Crippen LogP) is 3.67. The minimum atomic E-state index is -0.335. The van der Waals surface area contributed by atoms with E-state index in [2.05, 4.69) is 41.3 Å². The van der Waals surface area contributed by atoms with Crippen LogP contribution in [0, 0.1) is 0 Å². The van der Waals surface area contributed by atoms with E-state index in [9.17, 15) is 5.11 Å². The number of aliphatic hydroxyl groups is 1. The summed E-state index contributed by atoms with van der Waals surface area (Å²) in [6.45, 7) is 2.31. The lowest BCUT2D eigenvalue weighted by atomic mass is 9.81. The molecule has 2 aliphatic rings. The molecule has 0 spiro atoms. The molecule has 0 aromatic heterocycles. The largest absolute Gasteiger partial charge is 0.387 e. The number of fused-ring (bicyclic) bond motifs is 3. The topological polar surface area (TPSA) is 23.5 Å². The van der Waals surface area contributed by atoms with Crippen LogP contribution in [0.3, 0.4) is 0 Å². The second-order valence-corrected chi connectivity index (χ2v) is 6.51. The Morgan fingerprint density at radius 2 is 1.76 bits per heavy atom. The molecule has 1 fully saturated rings. The van der Waals surface area contributed by atoms with Crippen LogP contribution in [0.5, 0.6) is 0 Å². The normalized spacial score (nSPS) is 26.7. The van der Waals surface area contributed by atoms with Gasteiger partial charge in [-0.25, -0.2) is 0 Å². The van der Waals surface area contributed by atoms with Gasteiger partial charge in [0.25, 0.3) is 0 Å². The van der Waals surface area contributed by atoms with Gasteiger partial charge in [0.1, 0.15) is 0 Å². The van der Waals surface area contributed by atoms with Crippen LogP contribution in [0.15, 0.2) is 36.4 Å². The minimum Gasteiger partial charge on any atom is -0.387 e. The van der Waals surface area contributed by atoms with E-state index in [1.54, 1.807) is 0 Å². The van der Waals surface area contributed by atoms with Gasteiger partial charge in [0.05, 0.1) is 6.10 Å². The Labute approximate surface area is 126 Å². The molecular formula is C19H23NO. The number of aliphatic hydroxyl groups excluding tert-OH is 1. The van der Waals surface area contributed by atoms with Crippen molar-refractivity contribution in [1.29, 1.82) is 0 Å². The molecule has 1 aliphatic heterocycles. The fourth-order valence-corrected chi connectivity index (χ4v) is 4.19. The molecule has 21 heavy (non-hydrogen) atoms. The highest BCUT2D eigenvalue weighted by molar-refractivity contribution is 5.87. The van der Waals surface area contributed by atoms with Gasteiger partial charge in [0.2, 0.25) is 0 Å². The van der Waals surface area contributed by atoms with Gasteiger partial charge in [-0.15, -0.1) is 0 Å². The van der Waals surface area contributed by atoms with E-state index >= 15 is 0 Å². The third-order valence-corrected chi connectivity index (χ3v) is 5.29. The zero-order valence-electron chi connectivity index (χ0n) is 12.5. The van der Waals surface area contributed by atoms with Crippen LogP contribution in [0.1, 0.15) is 42.9 Å². The average Bonchev–Trinajstić information content (AvgIpc) is 2.55. The average molecular weight is 281 g/mol. The summed E-state index contributed by atoms with van der Waals surface area (Å²) in [5.74, 6) is 0. The van der Waals surface area contributed by atoms with Crippen LogP contribution < -0.4 is 0 Å². The molecule has 2 atom stereocenters. The molecule has 1 aliphatic carbocycles. The van der Waals surface area contributed by atoms with E-state index in [-0.39, 0.29) is 6.10 Å². The van der Waals surface area contributed by atoms with Crippen molar-refractivity contribution < 1.29 is 5.11 Å². The summed E-state index contributed by atoms with van der Waals surface area (Å²) >= 11 is 0. The Morgan fingerprint density at radius 3 is 2.62 bits per heavy atom. The Hall–Kier alpha value is -1.38. The molecule has 1 saturated heterocycles. The molecule has 2 aromatic carbocycles. The summed E-state index contributed by atoms with van der Waals surface area (Å²) in [7, 11) is 0. The minimum absolute atomic E-state index is 0.309. The molecule has 2 heteroatoms. The first kappa shape index (κ1) is 13.3. The standard InChI is InChI=1S/C19H23NO/c21-19-17(20-12-4-1-5-13-20)11-10-15-9-8-14-6-2-3-7-16(14)18(15)19/h2-3,6-9,17,19,21H,1,4-5,10-13H2/t17-,19-/m0/s1. The van der Waals surface area contributed by atoms with Crippen molar-refractivity contribution in [3.05, 3.63) is 47.5 Å². The van der Waals surface area contributed by atoms with Crippen molar-refractivity contribution in [3.8, 4) is 0 Å². The fraction of sp³-hybridized carbons (Fsp3) is 0.474. The summed E-state index contributed by atoms with van der Waals surface area (Å²) in [6.07, 6.45) is 5.76. The van der Waals surface area contributed by atoms with Crippen molar-refractivity contribution >= 4 is 10.8 Å². The molecule has 110 valence electrons. The highest BCUT2D eigenvalue weighted by Crippen LogP contribution is 2.38. The van der Waals surface area contributed by atoms with Crippen LogP contribution in [-0.4, -0.2) is 29.1 Å². The first-order valence-corrected chi connectivity index (χ1v) is 8.27. The third kappa shape index (κ3) is 2.27. The van der Waals surface area contributed by atoms with Crippen LogP contribution >= 0.6 is 0 Å². The van der Waals surface area contributed by atoms with Gasteiger partial charge in [-0.1, -0.05) is 42.8 Å². The Balaban J connectivity index is 1.75. The molecule has 0 unspecified atom stereocenters. The number of hydrogen-bond donors (Lipinski definition) is 1. The quantitative estimate of drug-likeness (QED) is 0.862. The van der Waals surface area contributed by atoms with Gasteiger partial charge in [0.15, 0.2) is 0 Å². The maximum absolute atomic E-state index is 11.0. The number of aryl methyl sites for hydroxylation is 1. The van der Waals surface area contributed by atoms with E-state index in [0.717, 1.165) is 25.9 Å². The molecule has 1 N–H and O–H groups in total. The van der Waals surface area contributed by atoms with Gasteiger partial charge < -0.3 is 5.11 Å². The highest BCUT2D eigenvalue weighted by atomic mass is 16.3. The first-order chi connectivity index (χ1) is 10.3. The molecule has 0 bridgehead atoms. The van der Waals surface area contributed by atoms with E-state index in [1.165, 1.54) is 41.2 Å². The second-order valence-electron chi connectivity index (χ2n) is 6.51. The SMILES string of the molecule is O[C@@H]1c2c(ccc3ccccc23)CC[C@@H]1N1CCCCC1. The van der Waals surface area contributed by atoms with Gasteiger partial charge in [-0.3, -0.25) is 4.90 Å². The van der Waals surface area contributed by atoms with Crippen LogP contribution in [0.2, 0.25) is 0 Å². The summed E-state index contributed by atoms with van der Waals surface area (Å²) in [5, 5.41) is 13.5. The summed E-state index contributed by atoms with van der Waals surface area (Å²) in [5.41, 5.74) is 2.53. The molecule has 2 nitrogen and oxygen atoms in total.